The van der Waals surface area contributed by atoms with Crippen LogP contribution in [-0.4, -0.2) is 47.0 Å². The van der Waals surface area contributed by atoms with Gasteiger partial charge in [0.25, 0.3) is 0 Å². The average Bonchev–Trinajstić information content (AvgIpc) is 2.84. The molecule has 0 unspecified atom stereocenters. The molecule has 3 rings (SSSR count). The predicted octanol–water partition coefficient (Wildman–Crippen LogP) is 3.02. The molecule has 2 N–H and O–H groups in total. The van der Waals surface area contributed by atoms with Crippen LogP contribution < -0.4 is 5.73 Å². The van der Waals surface area contributed by atoms with E-state index in [1.807, 2.05) is 49.9 Å². The highest BCUT2D eigenvalue weighted by Crippen LogP contribution is 2.42. The number of nitrogens with zero attached hydrogens (tertiary/aromatic N) is 2. The van der Waals surface area contributed by atoms with Crippen LogP contribution in [0.4, 0.5) is 10.5 Å². The number of nitrogen functional groups attached to an aromatic ring is 1. The normalized spacial score (nSPS) is 19.9. The minimum absolute atomic E-state index is 0.212. The van der Waals surface area contributed by atoms with Gasteiger partial charge in [0.1, 0.15) is 5.60 Å². The molecule has 1 aromatic rings. The van der Waals surface area contributed by atoms with Crippen LogP contribution in [0.2, 0.25) is 0 Å². The summed E-state index contributed by atoms with van der Waals surface area (Å²) in [6, 6.07) is 7.69. The lowest BCUT2D eigenvalue weighted by molar-refractivity contribution is -0.138. The molecule has 0 bridgehead atoms. The number of hydrogen-bond donors (Lipinski definition) is 1. The minimum atomic E-state index is -0.496. The standard InChI is InChI=1S/C20H29N3O3/c1-19(2,3)26-18(25)22-10-7-20(8-11-22)9-12-23(17(20)24)14-15-5-4-6-16(21)13-15/h4-6,13H,7-12,14,21H2,1-3H3. The van der Waals surface area contributed by atoms with Crippen LogP contribution in [-0.2, 0) is 16.1 Å². The van der Waals surface area contributed by atoms with Gasteiger partial charge >= 0.3 is 6.09 Å². The van der Waals surface area contributed by atoms with Crippen molar-refractivity contribution < 1.29 is 14.3 Å². The van der Waals surface area contributed by atoms with Gasteiger partial charge in [-0.1, -0.05) is 12.1 Å². The number of hydrogen-bond acceptors (Lipinski definition) is 4. The topological polar surface area (TPSA) is 75.9 Å². The highest BCUT2D eigenvalue weighted by Gasteiger charge is 2.48. The minimum Gasteiger partial charge on any atom is -0.444 e. The molecule has 6 heteroatoms. The van der Waals surface area contributed by atoms with Crippen molar-refractivity contribution in [3.63, 3.8) is 0 Å². The first-order valence-electron chi connectivity index (χ1n) is 9.30. The van der Waals surface area contributed by atoms with Crippen molar-refractivity contribution in [2.75, 3.05) is 25.4 Å². The quantitative estimate of drug-likeness (QED) is 0.824. The molecule has 6 nitrogen and oxygen atoms in total. The second-order valence-electron chi connectivity index (χ2n) is 8.47. The van der Waals surface area contributed by atoms with Gasteiger partial charge in [0.2, 0.25) is 5.91 Å². The Morgan fingerprint density at radius 1 is 1.19 bits per heavy atom. The molecule has 2 aliphatic heterocycles. The van der Waals surface area contributed by atoms with Crippen molar-refractivity contribution in [2.24, 2.45) is 5.41 Å². The third-order valence-corrected chi connectivity index (χ3v) is 5.30. The van der Waals surface area contributed by atoms with Crippen LogP contribution in [0.15, 0.2) is 24.3 Å². The Kier molecular flexibility index (Phi) is 4.86. The van der Waals surface area contributed by atoms with Crippen LogP contribution in [0.1, 0.15) is 45.6 Å². The third kappa shape index (κ3) is 3.94. The summed E-state index contributed by atoms with van der Waals surface area (Å²) in [5.74, 6) is 0.212. The fourth-order valence-electron chi connectivity index (χ4n) is 3.86. The SMILES string of the molecule is CC(C)(C)OC(=O)N1CCC2(CC1)CCN(Cc1cccc(N)c1)C2=O. The van der Waals surface area contributed by atoms with Crippen LogP contribution in [0, 0.1) is 5.41 Å². The molecule has 0 atom stereocenters. The first-order chi connectivity index (χ1) is 12.2. The van der Waals surface area contributed by atoms with Crippen LogP contribution in [0.25, 0.3) is 0 Å². The number of piperidine rings is 1. The highest BCUT2D eigenvalue weighted by molar-refractivity contribution is 5.85. The maximum Gasteiger partial charge on any atom is 0.410 e. The number of benzene rings is 1. The first kappa shape index (κ1) is 18.5. The van der Waals surface area contributed by atoms with Crippen molar-refractivity contribution in [1.82, 2.24) is 9.80 Å². The van der Waals surface area contributed by atoms with Gasteiger partial charge in [-0.3, -0.25) is 4.79 Å². The molecule has 0 aromatic heterocycles. The Morgan fingerprint density at radius 3 is 2.46 bits per heavy atom. The van der Waals surface area contributed by atoms with Crippen molar-refractivity contribution in [1.29, 1.82) is 0 Å². The number of anilines is 1. The smallest absolute Gasteiger partial charge is 0.410 e. The van der Waals surface area contributed by atoms with E-state index in [0.717, 1.165) is 24.2 Å². The number of likely N-dealkylation sites (tertiary alicyclic amines) is 2. The number of amides is 2. The highest BCUT2D eigenvalue weighted by atomic mass is 16.6. The molecule has 26 heavy (non-hydrogen) atoms. The molecule has 2 saturated heterocycles. The monoisotopic (exact) mass is 359 g/mol. The van der Waals surface area contributed by atoms with E-state index in [4.69, 9.17) is 10.5 Å². The number of nitrogens with two attached hydrogens (primary N) is 1. The zero-order valence-electron chi connectivity index (χ0n) is 16.0. The van der Waals surface area contributed by atoms with Gasteiger partial charge in [0, 0.05) is 31.9 Å². The second kappa shape index (κ2) is 6.82. The number of carbonyl (C=O) groups excluding carboxylic acids is 2. The van der Waals surface area contributed by atoms with Gasteiger partial charge in [0.05, 0.1) is 5.41 Å². The van der Waals surface area contributed by atoms with Gasteiger partial charge in [-0.15, -0.1) is 0 Å². The van der Waals surface area contributed by atoms with E-state index in [1.165, 1.54) is 0 Å². The average molecular weight is 359 g/mol. The van der Waals surface area contributed by atoms with Crippen molar-refractivity contribution >= 4 is 17.7 Å². The zero-order valence-corrected chi connectivity index (χ0v) is 16.0. The Hall–Kier alpha value is -2.24. The van der Waals surface area contributed by atoms with E-state index in [2.05, 4.69) is 0 Å². The fourth-order valence-corrected chi connectivity index (χ4v) is 3.86. The largest absolute Gasteiger partial charge is 0.444 e. The van der Waals surface area contributed by atoms with Gasteiger partial charge in [0.15, 0.2) is 0 Å². The number of ether oxygens (including phenoxy) is 1. The lowest BCUT2D eigenvalue weighted by atomic mass is 9.77. The Bertz CT molecular complexity index is 688. The summed E-state index contributed by atoms with van der Waals surface area (Å²) in [6.07, 6.45) is 1.99. The fraction of sp³-hybridized carbons (Fsp3) is 0.600. The van der Waals surface area contributed by atoms with Crippen LogP contribution in [0.5, 0.6) is 0 Å². The van der Waals surface area contributed by atoms with Crippen LogP contribution >= 0.6 is 0 Å². The molecule has 0 aliphatic carbocycles. The number of carbonyl (C=O) groups is 2. The van der Waals surface area contributed by atoms with Gasteiger partial charge in [-0.25, -0.2) is 4.79 Å². The summed E-state index contributed by atoms with van der Waals surface area (Å²) >= 11 is 0. The molecule has 142 valence electrons. The molecular formula is C20H29N3O3. The lowest BCUT2D eigenvalue weighted by Crippen LogP contribution is -2.47. The molecule has 1 spiro atoms. The molecule has 2 amide bonds. The van der Waals surface area contributed by atoms with E-state index in [9.17, 15) is 9.59 Å². The Labute approximate surface area is 155 Å². The summed E-state index contributed by atoms with van der Waals surface area (Å²) in [5.41, 5.74) is 6.80. The third-order valence-electron chi connectivity index (χ3n) is 5.30. The van der Waals surface area contributed by atoms with Crippen molar-refractivity contribution in [3.8, 4) is 0 Å². The maximum absolute atomic E-state index is 13.0. The molecule has 0 radical (unpaired) electrons. The maximum atomic E-state index is 13.0. The summed E-state index contributed by atoms with van der Waals surface area (Å²) in [5, 5.41) is 0. The Morgan fingerprint density at radius 2 is 1.85 bits per heavy atom. The summed E-state index contributed by atoms with van der Waals surface area (Å²) < 4.78 is 5.45. The number of rotatable bonds is 2. The van der Waals surface area contributed by atoms with E-state index in [1.54, 1.807) is 4.90 Å². The predicted molar refractivity (Wildman–Crippen MR) is 100 cm³/mol. The van der Waals surface area contributed by atoms with E-state index in [-0.39, 0.29) is 17.4 Å². The molecule has 2 fully saturated rings. The molecular weight excluding hydrogens is 330 g/mol. The van der Waals surface area contributed by atoms with Crippen molar-refractivity contribution in [2.45, 2.75) is 52.2 Å². The summed E-state index contributed by atoms with van der Waals surface area (Å²) in [7, 11) is 0. The summed E-state index contributed by atoms with van der Waals surface area (Å²) in [6.45, 7) is 8.11. The molecule has 0 saturated carbocycles. The summed E-state index contributed by atoms with van der Waals surface area (Å²) in [4.78, 5) is 28.9. The van der Waals surface area contributed by atoms with E-state index >= 15 is 0 Å². The second-order valence-corrected chi connectivity index (χ2v) is 8.47. The Balaban J connectivity index is 1.59. The van der Waals surface area contributed by atoms with Gasteiger partial charge in [-0.2, -0.15) is 0 Å². The zero-order chi connectivity index (χ0) is 18.9. The molecule has 1 aromatic carbocycles. The van der Waals surface area contributed by atoms with Gasteiger partial charge < -0.3 is 20.3 Å². The molecule has 2 heterocycles. The molecule has 2 aliphatic rings. The lowest BCUT2D eigenvalue weighted by Gasteiger charge is -2.38. The first-order valence-corrected chi connectivity index (χ1v) is 9.30. The van der Waals surface area contributed by atoms with E-state index < -0.39 is 5.60 Å². The van der Waals surface area contributed by atoms with Crippen molar-refractivity contribution in [3.05, 3.63) is 29.8 Å². The van der Waals surface area contributed by atoms with Crippen LogP contribution in [0.3, 0.4) is 0 Å². The van der Waals surface area contributed by atoms with E-state index in [0.29, 0.717) is 32.5 Å². The van der Waals surface area contributed by atoms with Gasteiger partial charge in [-0.05, 0) is 57.7 Å².